The molecular weight excluding hydrogens is 206 g/mol. The molecule has 1 aliphatic rings. The SMILES string of the molecule is COC1=CC(=O)C(=O)C=C1NCCCl. The Kier molecular flexibility index (Phi) is 3.71. The minimum Gasteiger partial charge on any atom is -0.494 e. The third kappa shape index (κ3) is 2.35. The molecule has 76 valence electrons. The first-order valence-electron chi connectivity index (χ1n) is 4.05. The fourth-order valence-electron chi connectivity index (χ4n) is 1.03. The fourth-order valence-corrected chi connectivity index (χ4v) is 1.12. The topological polar surface area (TPSA) is 55.4 Å². The van der Waals surface area contributed by atoms with Crippen molar-refractivity contribution in [2.24, 2.45) is 0 Å². The van der Waals surface area contributed by atoms with Gasteiger partial charge in [-0.2, -0.15) is 0 Å². The van der Waals surface area contributed by atoms with Gasteiger partial charge in [0.1, 0.15) is 5.76 Å². The van der Waals surface area contributed by atoms with Gasteiger partial charge in [-0.1, -0.05) is 0 Å². The maximum absolute atomic E-state index is 11.0. The summed E-state index contributed by atoms with van der Waals surface area (Å²) in [6.45, 7) is 0.509. The highest BCUT2D eigenvalue weighted by molar-refractivity contribution is 6.46. The van der Waals surface area contributed by atoms with Crippen molar-refractivity contribution < 1.29 is 14.3 Å². The minimum absolute atomic E-state index is 0.361. The number of rotatable bonds is 4. The highest BCUT2D eigenvalue weighted by Crippen LogP contribution is 2.12. The minimum atomic E-state index is -0.571. The van der Waals surface area contributed by atoms with Crippen LogP contribution in [0, 0.1) is 0 Å². The zero-order valence-electron chi connectivity index (χ0n) is 7.67. The summed E-state index contributed by atoms with van der Waals surface area (Å²) >= 11 is 5.47. The first kappa shape index (κ1) is 10.8. The van der Waals surface area contributed by atoms with Gasteiger partial charge in [-0.3, -0.25) is 9.59 Å². The normalized spacial score (nSPS) is 16.1. The molecule has 0 saturated heterocycles. The summed E-state index contributed by atoms with van der Waals surface area (Å²) in [5.74, 6) is -0.350. The molecule has 0 aromatic rings. The third-order valence-electron chi connectivity index (χ3n) is 1.68. The first-order chi connectivity index (χ1) is 6.69. The van der Waals surface area contributed by atoms with Crippen LogP contribution >= 0.6 is 11.6 Å². The van der Waals surface area contributed by atoms with Crippen molar-refractivity contribution in [1.82, 2.24) is 5.32 Å². The van der Waals surface area contributed by atoms with Gasteiger partial charge in [0.2, 0.25) is 11.6 Å². The Morgan fingerprint density at radius 1 is 1.36 bits per heavy atom. The third-order valence-corrected chi connectivity index (χ3v) is 1.86. The fraction of sp³-hybridized carbons (Fsp3) is 0.333. The van der Waals surface area contributed by atoms with Crippen molar-refractivity contribution in [3.05, 3.63) is 23.6 Å². The van der Waals surface area contributed by atoms with Gasteiger partial charge in [0, 0.05) is 24.6 Å². The van der Waals surface area contributed by atoms with E-state index in [0.29, 0.717) is 23.9 Å². The molecule has 0 fully saturated rings. The molecule has 5 heteroatoms. The second-order valence-electron chi connectivity index (χ2n) is 2.61. The molecule has 1 N–H and O–H groups in total. The number of methoxy groups -OCH3 is 1. The number of halogens is 1. The number of nitrogens with one attached hydrogen (secondary N) is 1. The van der Waals surface area contributed by atoms with Gasteiger partial charge in [0.15, 0.2) is 0 Å². The standard InChI is InChI=1S/C9H10ClNO3/c1-14-9-5-8(13)7(12)4-6(9)11-3-2-10/h4-5,11H,2-3H2,1H3. The average molecular weight is 216 g/mol. The van der Waals surface area contributed by atoms with Crippen LogP contribution in [-0.2, 0) is 14.3 Å². The van der Waals surface area contributed by atoms with Crippen molar-refractivity contribution in [1.29, 1.82) is 0 Å². The number of ether oxygens (including phenoxy) is 1. The Morgan fingerprint density at radius 3 is 2.57 bits per heavy atom. The number of ketones is 2. The van der Waals surface area contributed by atoms with Gasteiger partial charge in [-0.05, 0) is 0 Å². The molecule has 1 aliphatic carbocycles. The van der Waals surface area contributed by atoms with E-state index in [1.54, 1.807) is 0 Å². The number of allylic oxidation sites excluding steroid dienone is 2. The molecule has 0 amide bonds. The Bertz CT molecular complexity index is 320. The lowest BCUT2D eigenvalue weighted by molar-refractivity contribution is -0.131. The summed E-state index contributed by atoms with van der Waals surface area (Å²) in [6.07, 6.45) is 2.38. The first-order valence-corrected chi connectivity index (χ1v) is 4.58. The Hall–Kier alpha value is -1.29. The van der Waals surface area contributed by atoms with Gasteiger partial charge in [-0.25, -0.2) is 0 Å². The van der Waals surface area contributed by atoms with E-state index in [4.69, 9.17) is 16.3 Å². The van der Waals surface area contributed by atoms with Crippen LogP contribution in [0.2, 0.25) is 0 Å². The monoisotopic (exact) mass is 215 g/mol. The molecule has 0 bridgehead atoms. The maximum Gasteiger partial charge on any atom is 0.229 e. The van der Waals surface area contributed by atoms with Gasteiger partial charge < -0.3 is 10.1 Å². The number of hydrogen-bond acceptors (Lipinski definition) is 4. The summed E-state index contributed by atoms with van der Waals surface area (Å²) in [5, 5.41) is 2.89. The van der Waals surface area contributed by atoms with Crippen molar-refractivity contribution >= 4 is 23.2 Å². The zero-order chi connectivity index (χ0) is 10.6. The van der Waals surface area contributed by atoms with Crippen LogP contribution in [0.5, 0.6) is 0 Å². The van der Waals surface area contributed by atoms with Crippen molar-refractivity contribution in [3.8, 4) is 0 Å². The molecule has 0 radical (unpaired) electrons. The molecule has 4 nitrogen and oxygen atoms in total. The highest BCUT2D eigenvalue weighted by Gasteiger charge is 2.20. The second kappa shape index (κ2) is 4.81. The van der Waals surface area contributed by atoms with Gasteiger partial charge in [0.25, 0.3) is 0 Å². The lowest BCUT2D eigenvalue weighted by Crippen LogP contribution is -2.25. The smallest absolute Gasteiger partial charge is 0.229 e. The number of carbonyl (C=O) groups excluding carboxylic acids is 2. The van der Waals surface area contributed by atoms with Crippen LogP contribution in [0.25, 0.3) is 0 Å². The van der Waals surface area contributed by atoms with Crippen LogP contribution in [-0.4, -0.2) is 31.1 Å². The van der Waals surface area contributed by atoms with E-state index >= 15 is 0 Å². The summed E-state index contributed by atoms with van der Waals surface area (Å²) in [7, 11) is 1.44. The van der Waals surface area contributed by atoms with Crippen LogP contribution in [0.1, 0.15) is 0 Å². The zero-order valence-corrected chi connectivity index (χ0v) is 8.43. The Morgan fingerprint density at radius 2 is 2.00 bits per heavy atom. The average Bonchev–Trinajstić information content (AvgIpc) is 2.19. The van der Waals surface area contributed by atoms with Gasteiger partial charge in [-0.15, -0.1) is 11.6 Å². The lowest BCUT2D eigenvalue weighted by atomic mass is 10.1. The van der Waals surface area contributed by atoms with Crippen LogP contribution < -0.4 is 5.32 Å². The molecule has 14 heavy (non-hydrogen) atoms. The molecule has 1 rings (SSSR count). The predicted molar refractivity (Wildman–Crippen MR) is 51.9 cm³/mol. The molecule has 0 atom stereocenters. The van der Waals surface area contributed by atoms with E-state index in [0.717, 1.165) is 0 Å². The van der Waals surface area contributed by atoms with Gasteiger partial charge >= 0.3 is 0 Å². The van der Waals surface area contributed by atoms with Gasteiger partial charge in [0.05, 0.1) is 12.8 Å². The number of carbonyl (C=O) groups is 2. The summed E-state index contributed by atoms with van der Waals surface area (Å²) in [6, 6.07) is 0. The molecule has 0 aromatic carbocycles. The van der Waals surface area contributed by atoms with E-state index in [9.17, 15) is 9.59 Å². The number of hydrogen-bond donors (Lipinski definition) is 1. The molecule has 0 saturated carbocycles. The number of alkyl halides is 1. The Balaban J connectivity index is 2.80. The van der Waals surface area contributed by atoms with Crippen molar-refractivity contribution in [2.75, 3.05) is 19.5 Å². The summed E-state index contributed by atoms with van der Waals surface area (Å²) < 4.78 is 4.93. The maximum atomic E-state index is 11.0. The van der Waals surface area contributed by atoms with E-state index in [1.807, 2.05) is 0 Å². The Labute approximate surface area is 86.6 Å². The van der Waals surface area contributed by atoms with E-state index in [2.05, 4.69) is 5.32 Å². The molecule has 0 unspecified atom stereocenters. The molecule has 0 spiro atoms. The quantitative estimate of drug-likeness (QED) is 0.419. The molecule has 0 aromatic heterocycles. The van der Waals surface area contributed by atoms with Crippen molar-refractivity contribution in [2.45, 2.75) is 0 Å². The van der Waals surface area contributed by atoms with Crippen molar-refractivity contribution in [3.63, 3.8) is 0 Å². The molecular formula is C9H10ClNO3. The van der Waals surface area contributed by atoms with Crippen LogP contribution in [0.15, 0.2) is 23.6 Å². The van der Waals surface area contributed by atoms with E-state index in [-0.39, 0.29) is 0 Å². The largest absolute Gasteiger partial charge is 0.494 e. The lowest BCUT2D eigenvalue weighted by Gasteiger charge is -2.14. The summed E-state index contributed by atoms with van der Waals surface area (Å²) in [5.41, 5.74) is 0.498. The van der Waals surface area contributed by atoms with Crippen LogP contribution in [0.4, 0.5) is 0 Å². The molecule has 0 aliphatic heterocycles. The van der Waals surface area contributed by atoms with Crippen LogP contribution in [0.3, 0.4) is 0 Å². The molecule has 0 heterocycles. The predicted octanol–water partition coefficient (Wildman–Crippen LogP) is 0.381. The van der Waals surface area contributed by atoms with E-state index < -0.39 is 11.6 Å². The second-order valence-corrected chi connectivity index (χ2v) is 2.99. The van der Waals surface area contributed by atoms with E-state index in [1.165, 1.54) is 19.3 Å². The highest BCUT2D eigenvalue weighted by atomic mass is 35.5. The summed E-state index contributed by atoms with van der Waals surface area (Å²) in [4.78, 5) is 22.0.